The van der Waals surface area contributed by atoms with E-state index in [4.69, 9.17) is 65.2 Å². The first-order chi connectivity index (χ1) is 38.0. The number of carbonyl (C=O) groups excluding carboxylic acids is 4. The summed E-state index contributed by atoms with van der Waals surface area (Å²) in [6.07, 6.45) is -26.6. The van der Waals surface area contributed by atoms with E-state index in [0.717, 1.165) is 12.1 Å². The molecule has 0 amide bonds. The predicted molar refractivity (Wildman–Crippen MR) is 269 cm³/mol. The number of phenols is 2. The van der Waals surface area contributed by atoms with E-state index in [0.29, 0.717) is 0 Å². The number of hydrogen-bond donors (Lipinski definition) is 18. The molecule has 3 aliphatic heterocycles. The first-order valence-electron chi connectivity index (χ1n) is 25.1. The molecule has 1 saturated carbocycles. The number of ketones is 3. The number of rotatable bonds is 14. The van der Waals surface area contributed by atoms with Crippen LogP contribution in [0, 0.1) is 5.41 Å². The summed E-state index contributed by atoms with van der Waals surface area (Å²) < 4.78 is 50.6. The SMILES string of the molecule is CN[C@@H]1[C@H](O[C@H]2[C@H](O[C@H]3[C@H](O)[C@@H](O)[C@H](N=C(N)N)[C@@H](O)[C@@H]3NC(=N)N)O[C@@H](C)[C@]2(O)C=O)O[C@@H](CO)[C@H](O)[C@H]1O.COc1cc(O)c2c(c1)C(=O)c1cc3c(c(O)c1C2=O)C(OC1OC(C)C(O)C(O)C1OC)C(OC)C(C)(O)C3=O. The van der Waals surface area contributed by atoms with Crippen molar-refractivity contribution in [3.8, 4) is 17.2 Å². The second-order valence-corrected chi connectivity index (χ2v) is 20.3. The highest BCUT2D eigenvalue weighted by molar-refractivity contribution is 6.31. The molecule has 0 aromatic heterocycles. The molecule has 32 nitrogen and oxygen atoms in total. The molecule has 2 aromatic carbocycles. The summed E-state index contributed by atoms with van der Waals surface area (Å²) in [6, 6.07) is -0.535. The Morgan fingerprint density at radius 2 is 1.38 bits per heavy atom. The number of nitrogens with zero attached hydrogens (tertiary/aromatic N) is 1. The predicted octanol–water partition coefficient (Wildman–Crippen LogP) is -7.57. The number of methoxy groups -OCH3 is 3. The van der Waals surface area contributed by atoms with Gasteiger partial charge in [0, 0.05) is 42.5 Å². The van der Waals surface area contributed by atoms with Crippen LogP contribution >= 0.6 is 0 Å². The lowest BCUT2D eigenvalue weighted by Crippen LogP contribution is -2.70. The third-order valence-electron chi connectivity index (χ3n) is 15.4. The highest BCUT2D eigenvalue weighted by atomic mass is 16.8. The number of nitrogens with one attached hydrogen (secondary N) is 3. The molecule has 0 bridgehead atoms. The number of hydrogen-bond acceptors (Lipinski definition) is 28. The van der Waals surface area contributed by atoms with Gasteiger partial charge in [-0.2, -0.15) is 0 Å². The van der Waals surface area contributed by atoms with Crippen LogP contribution in [-0.4, -0.2) is 265 Å². The lowest BCUT2D eigenvalue weighted by atomic mass is 9.72. The van der Waals surface area contributed by atoms with Crippen LogP contribution in [0.2, 0.25) is 0 Å². The Balaban J connectivity index is 0.000000234. The maximum Gasteiger partial charge on any atom is 0.201 e. The Kier molecular flexibility index (Phi) is 18.8. The van der Waals surface area contributed by atoms with Gasteiger partial charge in [0.15, 0.2) is 59.8 Å². The van der Waals surface area contributed by atoms with Gasteiger partial charge < -0.3 is 132 Å². The van der Waals surface area contributed by atoms with Gasteiger partial charge in [0.2, 0.25) is 5.78 Å². The number of aliphatic imine (C=N–C) groups is 1. The molecule has 23 atom stereocenters. The number of nitrogens with two attached hydrogens (primary N) is 3. The lowest BCUT2D eigenvalue weighted by molar-refractivity contribution is -0.321. The minimum absolute atomic E-state index is 0.102. The van der Waals surface area contributed by atoms with Crippen molar-refractivity contribution in [1.29, 1.82) is 5.41 Å². The maximum atomic E-state index is 13.6. The number of phenolic OH excluding ortho intramolecular Hbond substituents is 2. The maximum absolute atomic E-state index is 13.6. The molecule has 3 aliphatic carbocycles. The van der Waals surface area contributed by atoms with Crippen molar-refractivity contribution in [2.45, 2.75) is 161 Å². The first kappa shape index (κ1) is 62.9. The Hall–Kier alpha value is -5.70. The standard InChI is InChI=1S/C28H30O13.C21H39N7O12/c1-9-18(30)22(34)24(38-4)27(40-9)41-23-17-13(25(35)28(2,36)26(23)39-5)8-12-16(21(17)33)20(32)15-11(19(12)31)6-10(37-3)7-14(15)29;1-5-21(36,4-30)16(40-17-9(26-2)13(34)10(31)6(3-29)38-17)18(37-5)39-15-8(28-20(24)25)11(32)7(27-19(22)23)12(33)14(15)35/h6-9,18,22-24,26-27,29-30,33-34,36H,1-5H3;4-18,26,29,31-36H,3H2,1-2H3,(H4,22,23,27)(H4,24,25,28)/t;5-,6-,7+,8-,9-,10-,11+,12-,13-,14+,15+,16-,17-,18-,21+/m.0/s1. The summed E-state index contributed by atoms with van der Waals surface area (Å²) >= 11 is 0. The largest absolute Gasteiger partial charge is 0.507 e. The van der Waals surface area contributed by atoms with E-state index in [9.17, 15) is 80.5 Å². The summed E-state index contributed by atoms with van der Waals surface area (Å²) in [6.45, 7) is 3.27. The average molecular weight is 1160 g/mol. The number of aliphatic hydroxyl groups excluding tert-OH is 8. The number of aromatic hydroxyl groups is 2. The number of carbonyl (C=O) groups is 4. The molecule has 0 spiro atoms. The fraction of sp³-hybridized carbons (Fsp3) is 0.633. The monoisotopic (exact) mass is 1160 g/mol. The zero-order valence-corrected chi connectivity index (χ0v) is 44.5. The lowest BCUT2D eigenvalue weighted by Gasteiger charge is -2.46. The summed E-state index contributed by atoms with van der Waals surface area (Å²) in [4.78, 5) is 56.5. The second-order valence-electron chi connectivity index (χ2n) is 20.3. The molecule has 32 heteroatoms. The minimum atomic E-state index is -2.39. The smallest absolute Gasteiger partial charge is 0.201 e. The number of aldehydes is 1. The van der Waals surface area contributed by atoms with E-state index in [2.05, 4.69) is 15.6 Å². The highest BCUT2D eigenvalue weighted by Crippen LogP contribution is 2.50. The third-order valence-corrected chi connectivity index (χ3v) is 15.4. The van der Waals surface area contributed by atoms with Crippen LogP contribution in [0.4, 0.5) is 0 Å². The summed E-state index contributed by atoms with van der Waals surface area (Å²) in [5, 5.41) is 141. The number of fused-ring (bicyclic) bond motifs is 3. The fourth-order valence-electron chi connectivity index (χ4n) is 11.0. The van der Waals surface area contributed by atoms with Crippen molar-refractivity contribution < 1.29 is 123 Å². The van der Waals surface area contributed by atoms with Crippen LogP contribution < -0.4 is 32.6 Å². The van der Waals surface area contributed by atoms with Crippen LogP contribution in [0.15, 0.2) is 23.2 Å². The van der Waals surface area contributed by atoms with E-state index >= 15 is 0 Å². The molecule has 3 saturated heterocycles. The van der Waals surface area contributed by atoms with Gasteiger partial charge in [0.25, 0.3) is 0 Å². The topological polar surface area (TPSA) is 532 Å². The van der Waals surface area contributed by atoms with Crippen LogP contribution in [-0.2, 0) is 42.7 Å². The first-order valence-corrected chi connectivity index (χ1v) is 25.1. The van der Waals surface area contributed by atoms with Crippen molar-refractivity contribution >= 4 is 35.6 Å². The van der Waals surface area contributed by atoms with Gasteiger partial charge in [-0.3, -0.25) is 24.6 Å². The van der Waals surface area contributed by atoms with E-state index in [1.807, 2.05) is 0 Å². The normalized spacial score (nSPS) is 40.0. The summed E-state index contributed by atoms with van der Waals surface area (Å²) in [5.41, 5.74) is 9.57. The summed E-state index contributed by atoms with van der Waals surface area (Å²) in [5.74, 6) is -5.01. The van der Waals surface area contributed by atoms with E-state index in [-0.39, 0.29) is 39.9 Å². The average Bonchev–Trinajstić information content (AvgIpc) is 2.77. The van der Waals surface area contributed by atoms with Gasteiger partial charge in [-0.15, -0.1) is 0 Å². The minimum Gasteiger partial charge on any atom is -0.507 e. The zero-order valence-electron chi connectivity index (χ0n) is 44.5. The molecule has 8 unspecified atom stereocenters. The van der Waals surface area contributed by atoms with E-state index < -0.39 is 193 Å². The molecular formula is C49H69N7O25. The van der Waals surface area contributed by atoms with Gasteiger partial charge in [-0.05, 0) is 40.0 Å². The number of guanidine groups is 2. The van der Waals surface area contributed by atoms with Crippen molar-refractivity contribution in [1.82, 2.24) is 10.6 Å². The Morgan fingerprint density at radius 3 is 1.95 bits per heavy atom. The molecule has 4 fully saturated rings. The van der Waals surface area contributed by atoms with Crippen molar-refractivity contribution in [2.24, 2.45) is 22.2 Å². The molecule has 8 rings (SSSR count). The van der Waals surface area contributed by atoms with Crippen molar-refractivity contribution in [3.05, 3.63) is 51.6 Å². The Morgan fingerprint density at radius 1 is 0.741 bits per heavy atom. The molecule has 81 heavy (non-hydrogen) atoms. The molecule has 6 aliphatic rings. The molecule has 450 valence electrons. The van der Waals surface area contributed by atoms with Crippen molar-refractivity contribution in [3.63, 3.8) is 0 Å². The van der Waals surface area contributed by atoms with Crippen molar-refractivity contribution in [2.75, 3.05) is 35.0 Å². The molecule has 21 N–H and O–H groups in total. The van der Waals surface area contributed by atoms with Crippen LogP contribution in [0.25, 0.3) is 0 Å². The molecule has 2 aromatic rings. The van der Waals surface area contributed by atoms with Crippen LogP contribution in [0.1, 0.15) is 74.6 Å². The fourth-order valence-corrected chi connectivity index (χ4v) is 11.0. The molecular weight excluding hydrogens is 1090 g/mol. The van der Waals surface area contributed by atoms with Crippen LogP contribution in [0.3, 0.4) is 0 Å². The van der Waals surface area contributed by atoms with E-state index in [1.54, 1.807) is 0 Å². The number of aliphatic hydroxyl groups is 10. The van der Waals surface area contributed by atoms with Crippen LogP contribution in [0.5, 0.6) is 17.2 Å². The molecule has 0 radical (unpaired) electrons. The number of ether oxygens (including phenoxy) is 9. The molecule has 3 heterocycles. The Bertz CT molecular complexity index is 2740. The number of Topliss-reactive ketones (excluding diaryl/α,β-unsaturated/α-hetero) is 1. The van der Waals surface area contributed by atoms with Gasteiger partial charge in [0.05, 0.1) is 49.1 Å². The van der Waals surface area contributed by atoms with Gasteiger partial charge in [0.1, 0.15) is 103 Å². The number of likely N-dealkylation sites (N-methyl/N-ethyl adjacent to an activating group) is 1. The Labute approximate surface area is 460 Å². The second kappa shape index (κ2) is 24.3. The zero-order chi connectivity index (χ0) is 60.2. The quantitative estimate of drug-likeness (QED) is 0.0405. The summed E-state index contributed by atoms with van der Waals surface area (Å²) in [7, 11) is 5.16. The highest BCUT2D eigenvalue weighted by Gasteiger charge is 2.62. The number of benzene rings is 2. The van der Waals surface area contributed by atoms with Gasteiger partial charge in [-0.25, -0.2) is 4.99 Å². The van der Waals surface area contributed by atoms with E-state index in [1.165, 1.54) is 55.2 Å². The van der Waals surface area contributed by atoms with Gasteiger partial charge >= 0.3 is 0 Å². The van der Waals surface area contributed by atoms with Gasteiger partial charge in [-0.1, -0.05) is 0 Å². The third kappa shape index (κ3) is 11.1.